The van der Waals surface area contributed by atoms with Crippen molar-refractivity contribution in [3.63, 3.8) is 0 Å². The van der Waals surface area contributed by atoms with Crippen molar-refractivity contribution in [2.24, 2.45) is 5.92 Å². The molecule has 2 fully saturated rings. The minimum Gasteiger partial charge on any atom is -0.444 e. The zero-order chi connectivity index (χ0) is 17.8. The molecule has 2 amide bonds. The summed E-state index contributed by atoms with van der Waals surface area (Å²) in [6.45, 7) is 11.7. The smallest absolute Gasteiger partial charge is 0.317 e. The van der Waals surface area contributed by atoms with Crippen molar-refractivity contribution in [2.75, 3.05) is 39.3 Å². The van der Waals surface area contributed by atoms with Crippen LogP contribution in [0.1, 0.15) is 37.1 Å². The van der Waals surface area contributed by atoms with Crippen LogP contribution in [0.25, 0.3) is 0 Å². The minimum absolute atomic E-state index is 0.0455. The quantitative estimate of drug-likeness (QED) is 0.849. The molecule has 2 aliphatic heterocycles. The van der Waals surface area contributed by atoms with Gasteiger partial charge in [-0.05, 0) is 52.6 Å². The first-order valence-corrected chi connectivity index (χ1v) is 9.34. The highest BCUT2D eigenvalue weighted by atomic mass is 16.5. The Balaban J connectivity index is 1.32. The van der Waals surface area contributed by atoms with Gasteiger partial charge in [0.1, 0.15) is 5.76 Å². The van der Waals surface area contributed by atoms with Crippen LogP contribution in [0.3, 0.4) is 0 Å². The van der Waals surface area contributed by atoms with Crippen molar-refractivity contribution < 1.29 is 13.9 Å². The van der Waals surface area contributed by atoms with E-state index in [4.69, 9.17) is 9.15 Å². The van der Waals surface area contributed by atoms with Crippen LogP contribution in [0.4, 0.5) is 4.79 Å². The van der Waals surface area contributed by atoms with Gasteiger partial charge in [-0.1, -0.05) is 0 Å². The lowest BCUT2D eigenvalue weighted by Gasteiger charge is -2.39. The van der Waals surface area contributed by atoms with Crippen molar-refractivity contribution in [3.8, 4) is 0 Å². The van der Waals surface area contributed by atoms with Gasteiger partial charge < -0.3 is 19.4 Å². The van der Waals surface area contributed by atoms with E-state index in [9.17, 15) is 4.79 Å². The summed E-state index contributed by atoms with van der Waals surface area (Å²) >= 11 is 0. The molecule has 0 aromatic carbocycles. The lowest BCUT2D eigenvalue weighted by Crippen LogP contribution is -2.58. The maximum absolute atomic E-state index is 12.1. The summed E-state index contributed by atoms with van der Waals surface area (Å²) in [6.07, 6.45) is 2.42. The highest BCUT2D eigenvalue weighted by Crippen LogP contribution is 2.19. The number of carbonyl (C=O) groups is 1. The standard InChI is InChI=1S/C18H30N4O3/c1-4-24-16-10-22(11-16)18(23)19-9-15-5-7-21(8-6-15)12-17-20-13(2)14(3)25-17/h15-16H,4-12H2,1-3H3,(H,19,23). The van der Waals surface area contributed by atoms with E-state index >= 15 is 0 Å². The molecule has 1 aromatic heterocycles. The number of piperidine rings is 1. The summed E-state index contributed by atoms with van der Waals surface area (Å²) in [6, 6.07) is 0.0455. The third kappa shape index (κ3) is 4.73. The normalized spacial score (nSPS) is 19.9. The van der Waals surface area contributed by atoms with Gasteiger partial charge >= 0.3 is 6.03 Å². The molecule has 0 bridgehead atoms. The lowest BCUT2D eigenvalue weighted by atomic mass is 9.97. The van der Waals surface area contributed by atoms with E-state index in [2.05, 4.69) is 15.2 Å². The van der Waals surface area contributed by atoms with Crippen LogP contribution in [0.2, 0.25) is 0 Å². The number of amides is 2. The number of aromatic nitrogens is 1. The third-order valence-corrected chi connectivity index (χ3v) is 5.22. The number of aryl methyl sites for hydroxylation is 2. The van der Waals surface area contributed by atoms with E-state index in [1.807, 2.05) is 25.7 Å². The molecule has 3 rings (SSSR count). The molecule has 1 N–H and O–H groups in total. The Kier molecular flexibility index (Phi) is 5.96. The van der Waals surface area contributed by atoms with Gasteiger partial charge in [-0.2, -0.15) is 0 Å². The van der Waals surface area contributed by atoms with Gasteiger partial charge in [0.25, 0.3) is 0 Å². The van der Waals surface area contributed by atoms with Crippen molar-refractivity contribution in [1.29, 1.82) is 0 Å². The second-order valence-corrected chi connectivity index (χ2v) is 7.14. The number of hydrogen-bond acceptors (Lipinski definition) is 5. The maximum atomic E-state index is 12.1. The first-order chi connectivity index (χ1) is 12.0. The predicted molar refractivity (Wildman–Crippen MR) is 94.4 cm³/mol. The zero-order valence-corrected chi connectivity index (χ0v) is 15.6. The minimum atomic E-state index is 0.0455. The number of ether oxygens (including phenoxy) is 1. The fraction of sp³-hybridized carbons (Fsp3) is 0.778. The van der Waals surface area contributed by atoms with Gasteiger partial charge in [-0.25, -0.2) is 9.78 Å². The van der Waals surface area contributed by atoms with Crippen molar-refractivity contribution >= 4 is 6.03 Å². The molecule has 7 heteroatoms. The molecule has 2 saturated heterocycles. The van der Waals surface area contributed by atoms with Gasteiger partial charge in [-0.15, -0.1) is 0 Å². The van der Waals surface area contributed by atoms with Crippen LogP contribution in [0, 0.1) is 19.8 Å². The fourth-order valence-electron chi connectivity index (χ4n) is 3.44. The summed E-state index contributed by atoms with van der Waals surface area (Å²) < 4.78 is 11.2. The number of nitrogens with zero attached hydrogens (tertiary/aromatic N) is 3. The molecular formula is C18H30N4O3. The Morgan fingerprint density at radius 2 is 2.04 bits per heavy atom. The van der Waals surface area contributed by atoms with Crippen molar-refractivity contribution in [1.82, 2.24) is 20.1 Å². The monoisotopic (exact) mass is 350 g/mol. The molecule has 140 valence electrons. The topological polar surface area (TPSA) is 70.8 Å². The van der Waals surface area contributed by atoms with Crippen LogP contribution in [0.5, 0.6) is 0 Å². The molecule has 25 heavy (non-hydrogen) atoms. The molecule has 0 atom stereocenters. The SMILES string of the molecule is CCOC1CN(C(=O)NCC2CCN(Cc3nc(C)c(C)o3)CC2)C1. The summed E-state index contributed by atoms with van der Waals surface area (Å²) in [5.74, 6) is 2.27. The number of oxazole rings is 1. The summed E-state index contributed by atoms with van der Waals surface area (Å²) in [4.78, 5) is 20.7. The first kappa shape index (κ1) is 18.2. The van der Waals surface area contributed by atoms with Gasteiger partial charge in [0.05, 0.1) is 31.4 Å². The number of carbonyl (C=O) groups excluding carboxylic acids is 1. The van der Waals surface area contributed by atoms with Crippen molar-refractivity contribution in [3.05, 3.63) is 17.3 Å². The van der Waals surface area contributed by atoms with Crippen molar-refractivity contribution in [2.45, 2.75) is 46.3 Å². The molecule has 1 aromatic rings. The molecule has 0 aliphatic carbocycles. The van der Waals surface area contributed by atoms with Crippen LogP contribution >= 0.6 is 0 Å². The molecule has 3 heterocycles. The van der Waals surface area contributed by atoms with Gasteiger partial charge in [-0.3, -0.25) is 4.90 Å². The Labute approximate surface area is 149 Å². The van der Waals surface area contributed by atoms with E-state index in [1.54, 1.807) is 0 Å². The van der Waals surface area contributed by atoms with Crippen LogP contribution in [-0.2, 0) is 11.3 Å². The largest absolute Gasteiger partial charge is 0.444 e. The molecule has 0 spiro atoms. The maximum Gasteiger partial charge on any atom is 0.317 e. The highest BCUT2D eigenvalue weighted by molar-refractivity contribution is 5.75. The average Bonchev–Trinajstić information content (AvgIpc) is 2.87. The number of likely N-dealkylation sites (tertiary alicyclic amines) is 2. The Hall–Kier alpha value is -1.60. The summed E-state index contributed by atoms with van der Waals surface area (Å²) in [5.41, 5.74) is 0.977. The summed E-state index contributed by atoms with van der Waals surface area (Å²) in [7, 11) is 0. The van der Waals surface area contributed by atoms with Gasteiger partial charge in [0.2, 0.25) is 5.89 Å². The number of urea groups is 1. The van der Waals surface area contributed by atoms with Crippen LogP contribution in [0.15, 0.2) is 4.42 Å². The average molecular weight is 350 g/mol. The molecule has 0 unspecified atom stereocenters. The second-order valence-electron chi connectivity index (χ2n) is 7.14. The number of rotatable bonds is 6. The Bertz CT molecular complexity index is 555. The van der Waals surface area contributed by atoms with E-state index < -0.39 is 0 Å². The highest BCUT2D eigenvalue weighted by Gasteiger charge is 2.31. The third-order valence-electron chi connectivity index (χ3n) is 5.22. The van der Waals surface area contributed by atoms with Gasteiger partial charge in [0, 0.05) is 13.2 Å². The molecule has 7 nitrogen and oxygen atoms in total. The van der Waals surface area contributed by atoms with Gasteiger partial charge in [0.15, 0.2) is 0 Å². The molecule has 0 saturated carbocycles. The van der Waals surface area contributed by atoms with E-state index in [0.717, 1.165) is 56.4 Å². The lowest BCUT2D eigenvalue weighted by molar-refractivity contribution is -0.0301. The van der Waals surface area contributed by atoms with E-state index in [-0.39, 0.29) is 12.1 Å². The summed E-state index contributed by atoms with van der Waals surface area (Å²) in [5, 5.41) is 3.07. The molecular weight excluding hydrogens is 320 g/mol. The Morgan fingerprint density at radius 1 is 1.32 bits per heavy atom. The molecule has 0 radical (unpaired) electrons. The zero-order valence-electron chi connectivity index (χ0n) is 15.6. The fourth-order valence-corrected chi connectivity index (χ4v) is 3.44. The Morgan fingerprint density at radius 3 is 2.64 bits per heavy atom. The first-order valence-electron chi connectivity index (χ1n) is 9.34. The van der Waals surface area contributed by atoms with E-state index in [1.165, 1.54) is 0 Å². The number of nitrogens with one attached hydrogen (secondary N) is 1. The second kappa shape index (κ2) is 8.19. The van der Waals surface area contributed by atoms with Crippen LogP contribution in [-0.4, -0.2) is 66.2 Å². The van der Waals surface area contributed by atoms with Crippen LogP contribution < -0.4 is 5.32 Å². The predicted octanol–water partition coefficient (Wildman–Crippen LogP) is 1.93. The molecule has 2 aliphatic rings. The number of hydrogen-bond donors (Lipinski definition) is 1. The van der Waals surface area contributed by atoms with E-state index in [0.29, 0.717) is 25.6 Å².